The monoisotopic (exact) mass is 384 g/mol. The molecule has 1 aromatic rings. The molecule has 1 heterocycles. The van der Waals surface area contributed by atoms with Crippen molar-refractivity contribution in [2.75, 3.05) is 13.7 Å². The fraction of sp³-hybridized carbons (Fsp3) is 0.529. The van der Waals surface area contributed by atoms with Crippen LogP contribution >= 0.6 is 0 Å². The summed E-state index contributed by atoms with van der Waals surface area (Å²) in [5.74, 6) is -0.614. The van der Waals surface area contributed by atoms with Gasteiger partial charge in [0.25, 0.3) is 0 Å². The van der Waals surface area contributed by atoms with Gasteiger partial charge in [-0.1, -0.05) is 18.2 Å². The van der Waals surface area contributed by atoms with Gasteiger partial charge in [-0.05, 0) is 39.3 Å². The Labute approximate surface area is 153 Å². The molecule has 0 aliphatic carbocycles. The van der Waals surface area contributed by atoms with E-state index in [1.54, 1.807) is 39.0 Å². The predicted octanol–water partition coefficient (Wildman–Crippen LogP) is 1.52. The first-order valence-corrected chi connectivity index (χ1v) is 9.66. The van der Waals surface area contributed by atoms with Crippen LogP contribution in [0.4, 0.5) is 4.79 Å². The Morgan fingerprint density at radius 3 is 2.35 bits per heavy atom. The molecule has 0 bridgehead atoms. The largest absolute Gasteiger partial charge is 0.467 e. The third-order valence-corrected chi connectivity index (χ3v) is 5.31. The van der Waals surface area contributed by atoms with Gasteiger partial charge < -0.3 is 9.47 Å². The van der Waals surface area contributed by atoms with Crippen LogP contribution < -0.4 is 4.72 Å². The average molecular weight is 384 g/mol. The van der Waals surface area contributed by atoms with E-state index in [4.69, 9.17) is 9.47 Å². The number of sulfonamides is 1. The Morgan fingerprint density at radius 2 is 1.81 bits per heavy atom. The van der Waals surface area contributed by atoms with Crippen molar-refractivity contribution in [1.29, 1.82) is 0 Å². The number of esters is 1. The van der Waals surface area contributed by atoms with Crippen LogP contribution in [0.1, 0.15) is 27.2 Å². The lowest BCUT2D eigenvalue weighted by Crippen LogP contribution is -2.44. The number of methoxy groups -OCH3 is 1. The maximum atomic E-state index is 12.5. The van der Waals surface area contributed by atoms with Gasteiger partial charge in [0, 0.05) is 12.6 Å². The van der Waals surface area contributed by atoms with Crippen molar-refractivity contribution in [2.45, 2.75) is 49.8 Å². The third kappa shape index (κ3) is 4.95. The predicted molar refractivity (Wildman–Crippen MR) is 93.9 cm³/mol. The molecular formula is C17H24N2O6S. The fourth-order valence-electron chi connectivity index (χ4n) is 2.69. The molecule has 0 aromatic heterocycles. The van der Waals surface area contributed by atoms with E-state index in [1.807, 2.05) is 0 Å². The number of nitrogens with zero attached hydrogens (tertiary/aromatic N) is 1. The second-order valence-electron chi connectivity index (χ2n) is 7.04. The quantitative estimate of drug-likeness (QED) is 0.790. The lowest BCUT2D eigenvalue weighted by Gasteiger charge is -2.27. The van der Waals surface area contributed by atoms with Crippen molar-refractivity contribution in [3.05, 3.63) is 30.3 Å². The smallest absolute Gasteiger partial charge is 0.411 e. The zero-order chi connectivity index (χ0) is 19.5. The van der Waals surface area contributed by atoms with Crippen LogP contribution in [0, 0.1) is 0 Å². The van der Waals surface area contributed by atoms with Crippen molar-refractivity contribution in [1.82, 2.24) is 9.62 Å². The second kappa shape index (κ2) is 7.63. The number of hydrogen-bond acceptors (Lipinski definition) is 6. The van der Waals surface area contributed by atoms with E-state index in [2.05, 4.69) is 4.72 Å². The molecule has 1 aliphatic heterocycles. The molecule has 26 heavy (non-hydrogen) atoms. The summed E-state index contributed by atoms with van der Waals surface area (Å²) in [5.41, 5.74) is -0.737. The molecule has 0 spiro atoms. The minimum absolute atomic E-state index is 0.0146. The van der Waals surface area contributed by atoms with Gasteiger partial charge in [0.1, 0.15) is 11.6 Å². The number of carbonyl (C=O) groups is 2. The highest BCUT2D eigenvalue weighted by molar-refractivity contribution is 7.89. The lowest BCUT2D eigenvalue weighted by molar-refractivity contribution is -0.145. The summed E-state index contributed by atoms with van der Waals surface area (Å²) in [6.45, 7) is 5.15. The van der Waals surface area contributed by atoms with E-state index in [1.165, 1.54) is 24.1 Å². The van der Waals surface area contributed by atoms with Crippen LogP contribution in [0.2, 0.25) is 0 Å². The Kier molecular flexibility index (Phi) is 5.92. The van der Waals surface area contributed by atoms with Crippen LogP contribution in [0.15, 0.2) is 35.2 Å². The van der Waals surface area contributed by atoms with E-state index >= 15 is 0 Å². The summed E-state index contributed by atoms with van der Waals surface area (Å²) >= 11 is 0. The first-order valence-electron chi connectivity index (χ1n) is 8.18. The summed E-state index contributed by atoms with van der Waals surface area (Å²) in [6, 6.07) is 6.37. The summed E-state index contributed by atoms with van der Waals surface area (Å²) in [6.07, 6.45) is -0.577. The van der Waals surface area contributed by atoms with E-state index in [-0.39, 0.29) is 17.9 Å². The lowest BCUT2D eigenvalue weighted by atomic mass is 10.2. The Balaban J connectivity index is 2.17. The highest BCUT2D eigenvalue weighted by Gasteiger charge is 2.43. The van der Waals surface area contributed by atoms with Crippen molar-refractivity contribution in [3.63, 3.8) is 0 Å². The van der Waals surface area contributed by atoms with E-state index in [9.17, 15) is 18.0 Å². The normalized spacial score (nSPS) is 20.7. The molecule has 1 aliphatic rings. The molecule has 1 N–H and O–H groups in total. The molecule has 144 valence electrons. The van der Waals surface area contributed by atoms with Crippen LogP contribution in [-0.2, 0) is 24.3 Å². The average Bonchev–Trinajstić information content (AvgIpc) is 2.96. The van der Waals surface area contributed by atoms with Crippen LogP contribution in [0.25, 0.3) is 0 Å². The molecule has 1 fully saturated rings. The van der Waals surface area contributed by atoms with Gasteiger partial charge in [-0.2, -0.15) is 0 Å². The molecule has 2 atom stereocenters. The van der Waals surface area contributed by atoms with Gasteiger partial charge in [0.2, 0.25) is 10.0 Å². The number of nitrogens with one attached hydrogen (secondary N) is 1. The number of hydrogen-bond donors (Lipinski definition) is 1. The minimum Gasteiger partial charge on any atom is -0.467 e. The molecule has 0 radical (unpaired) electrons. The van der Waals surface area contributed by atoms with Crippen molar-refractivity contribution >= 4 is 22.1 Å². The molecule has 2 rings (SSSR count). The molecule has 1 amide bonds. The van der Waals surface area contributed by atoms with Gasteiger partial charge in [0.15, 0.2) is 0 Å². The molecule has 1 saturated heterocycles. The topological polar surface area (TPSA) is 102 Å². The molecule has 8 nitrogen and oxygen atoms in total. The highest BCUT2D eigenvalue weighted by Crippen LogP contribution is 2.23. The second-order valence-corrected chi connectivity index (χ2v) is 8.75. The first-order chi connectivity index (χ1) is 12.0. The SMILES string of the molecule is COC(=O)C1CC(NS(=O)(=O)c2ccccc2)CN1C(=O)OC(C)(C)C. The van der Waals surface area contributed by atoms with Crippen molar-refractivity contribution in [3.8, 4) is 0 Å². The number of rotatable bonds is 4. The Bertz CT molecular complexity index is 757. The van der Waals surface area contributed by atoms with Gasteiger partial charge in [-0.15, -0.1) is 0 Å². The standard InChI is InChI=1S/C17H24N2O6S/c1-17(2,3)25-16(21)19-11-12(10-14(19)15(20)24-4)18-26(22,23)13-8-6-5-7-9-13/h5-9,12,14,18H,10-11H2,1-4H3. The van der Waals surface area contributed by atoms with Gasteiger partial charge >= 0.3 is 12.1 Å². The van der Waals surface area contributed by atoms with Gasteiger partial charge in [-0.25, -0.2) is 22.7 Å². The van der Waals surface area contributed by atoms with E-state index in [0.717, 1.165) is 0 Å². The summed E-state index contributed by atoms with van der Waals surface area (Å²) in [7, 11) is -2.55. The third-order valence-electron chi connectivity index (χ3n) is 3.78. The van der Waals surface area contributed by atoms with Gasteiger partial charge in [-0.3, -0.25) is 4.90 Å². The Hall–Kier alpha value is -2.13. The molecule has 9 heteroatoms. The molecule has 2 unspecified atom stereocenters. The Morgan fingerprint density at radius 1 is 1.19 bits per heavy atom. The zero-order valence-corrected chi connectivity index (χ0v) is 16.1. The summed E-state index contributed by atoms with van der Waals surface area (Å²) in [5, 5.41) is 0. The number of ether oxygens (including phenoxy) is 2. The van der Waals surface area contributed by atoms with E-state index < -0.39 is 39.8 Å². The summed E-state index contributed by atoms with van der Waals surface area (Å²) < 4.78 is 37.6. The van der Waals surface area contributed by atoms with Gasteiger partial charge in [0.05, 0.1) is 12.0 Å². The van der Waals surface area contributed by atoms with Crippen LogP contribution in [0.5, 0.6) is 0 Å². The maximum absolute atomic E-state index is 12.5. The van der Waals surface area contributed by atoms with Crippen molar-refractivity contribution in [2.24, 2.45) is 0 Å². The number of amides is 1. The maximum Gasteiger partial charge on any atom is 0.411 e. The highest BCUT2D eigenvalue weighted by atomic mass is 32.2. The molecule has 0 saturated carbocycles. The fourth-order valence-corrected chi connectivity index (χ4v) is 3.95. The van der Waals surface area contributed by atoms with Crippen LogP contribution in [0.3, 0.4) is 0 Å². The zero-order valence-electron chi connectivity index (χ0n) is 15.3. The molecule has 1 aromatic carbocycles. The number of likely N-dealkylation sites (tertiary alicyclic amines) is 1. The first kappa shape index (κ1) is 20.2. The van der Waals surface area contributed by atoms with E-state index in [0.29, 0.717) is 0 Å². The number of benzene rings is 1. The summed E-state index contributed by atoms with van der Waals surface area (Å²) in [4.78, 5) is 25.7. The molecular weight excluding hydrogens is 360 g/mol. The van der Waals surface area contributed by atoms with Crippen LogP contribution in [-0.4, -0.2) is 56.7 Å². The minimum atomic E-state index is -3.76. The number of carbonyl (C=O) groups excluding carboxylic acids is 2. The van der Waals surface area contributed by atoms with Crippen molar-refractivity contribution < 1.29 is 27.5 Å².